The van der Waals surface area contributed by atoms with Crippen LogP contribution in [0.3, 0.4) is 0 Å². The number of hydrogen-bond acceptors (Lipinski definition) is 6. The van der Waals surface area contributed by atoms with Gasteiger partial charge in [-0.3, -0.25) is 4.79 Å². The summed E-state index contributed by atoms with van der Waals surface area (Å²) in [6.45, 7) is 0. The average Bonchev–Trinajstić information content (AvgIpc) is 3.29. The number of thiophene rings is 1. The number of aromatic nitrogens is 3. The van der Waals surface area contributed by atoms with Gasteiger partial charge in [-0.25, -0.2) is 4.68 Å². The SMILES string of the molecule is Nc1nc2n(n1)[C@@H](c1ccccc1Br)C1=C(C[C@H](c3cccs3)CC1=O)N2. The lowest BCUT2D eigenvalue weighted by Crippen LogP contribution is -2.33. The van der Waals surface area contributed by atoms with E-state index in [0.29, 0.717) is 12.4 Å². The van der Waals surface area contributed by atoms with Gasteiger partial charge in [0.05, 0.1) is 0 Å². The van der Waals surface area contributed by atoms with Gasteiger partial charge in [-0.05, 0) is 29.5 Å². The van der Waals surface area contributed by atoms with Crippen molar-refractivity contribution in [2.24, 2.45) is 0 Å². The van der Waals surface area contributed by atoms with Crippen molar-refractivity contribution in [1.82, 2.24) is 14.8 Å². The molecule has 0 fully saturated rings. The lowest BCUT2D eigenvalue weighted by Gasteiger charge is -2.35. The van der Waals surface area contributed by atoms with Crippen molar-refractivity contribution in [3.05, 3.63) is 68.0 Å². The topological polar surface area (TPSA) is 85.8 Å². The van der Waals surface area contributed by atoms with Gasteiger partial charge in [0.1, 0.15) is 6.04 Å². The third kappa shape index (κ3) is 2.71. The lowest BCUT2D eigenvalue weighted by atomic mass is 9.80. The Kier molecular flexibility index (Phi) is 3.91. The van der Waals surface area contributed by atoms with Crippen LogP contribution in [-0.4, -0.2) is 20.5 Å². The first kappa shape index (κ1) is 16.7. The molecule has 0 unspecified atom stereocenters. The molecule has 2 aliphatic rings. The Labute approximate surface area is 168 Å². The number of carbonyl (C=O) groups is 1. The molecular weight excluding hydrogens is 426 g/mol. The molecule has 2 aromatic heterocycles. The van der Waals surface area contributed by atoms with Gasteiger partial charge in [0.25, 0.3) is 0 Å². The van der Waals surface area contributed by atoms with Crippen molar-refractivity contribution in [1.29, 1.82) is 0 Å². The first-order valence-electron chi connectivity index (χ1n) is 8.65. The normalized spacial score (nSPS) is 21.6. The molecule has 6 nitrogen and oxygen atoms in total. The number of nitrogens with zero attached hydrogens (tertiary/aromatic N) is 3. The quantitative estimate of drug-likeness (QED) is 0.624. The summed E-state index contributed by atoms with van der Waals surface area (Å²) in [5.74, 6) is 1.10. The Balaban J connectivity index is 1.66. The predicted octanol–water partition coefficient (Wildman–Crippen LogP) is 4.10. The van der Waals surface area contributed by atoms with Crippen LogP contribution in [0.1, 0.15) is 35.2 Å². The van der Waals surface area contributed by atoms with Crippen molar-refractivity contribution in [3.8, 4) is 0 Å². The predicted molar refractivity (Wildman–Crippen MR) is 109 cm³/mol. The number of allylic oxidation sites excluding steroid dienone is 2. The number of nitrogens with one attached hydrogen (secondary N) is 1. The highest BCUT2D eigenvalue weighted by Crippen LogP contribution is 2.45. The number of hydrogen-bond donors (Lipinski definition) is 2. The molecule has 1 aliphatic carbocycles. The minimum Gasteiger partial charge on any atom is -0.366 e. The van der Waals surface area contributed by atoms with Crippen LogP contribution in [0, 0.1) is 0 Å². The highest BCUT2D eigenvalue weighted by atomic mass is 79.9. The van der Waals surface area contributed by atoms with Crippen molar-refractivity contribution in [2.45, 2.75) is 24.8 Å². The average molecular weight is 442 g/mol. The highest BCUT2D eigenvalue weighted by molar-refractivity contribution is 9.10. The number of anilines is 2. The van der Waals surface area contributed by atoms with Crippen LogP contribution in [0.15, 0.2) is 57.5 Å². The van der Waals surface area contributed by atoms with E-state index in [1.165, 1.54) is 4.88 Å². The fourth-order valence-electron chi connectivity index (χ4n) is 3.94. The molecule has 3 aromatic rings. The molecule has 27 heavy (non-hydrogen) atoms. The first-order chi connectivity index (χ1) is 13.1. The van der Waals surface area contributed by atoms with Gasteiger partial charge in [-0.1, -0.05) is 40.2 Å². The third-order valence-corrected chi connectivity index (χ3v) is 6.84. The molecule has 0 radical (unpaired) electrons. The largest absolute Gasteiger partial charge is 0.366 e. The van der Waals surface area contributed by atoms with Crippen LogP contribution in [0.4, 0.5) is 11.9 Å². The fourth-order valence-corrected chi connectivity index (χ4v) is 5.27. The van der Waals surface area contributed by atoms with Crippen molar-refractivity contribution in [2.75, 3.05) is 11.1 Å². The van der Waals surface area contributed by atoms with Gasteiger partial charge in [-0.15, -0.1) is 16.4 Å². The van der Waals surface area contributed by atoms with Crippen molar-refractivity contribution in [3.63, 3.8) is 0 Å². The smallest absolute Gasteiger partial charge is 0.241 e. The van der Waals surface area contributed by atoms with Crippen LogP contribution >= 0.6 is 27.3 Å². The van der Waals surface area contributed by atoms with E-state index < -0.39 is 0 Å². The van der Waals surface area contributed by atoms with Gasteiger partial charge in [0, 0.05) is 33.0 Å². The number of carbonyl (C=O) groups excluding carboxylic acids is 1. The van der Waals surface area contributed by atoms with E-state index in [2.05, 4.69) is 42.8 Å². The lowest BCUT2D eigenvalue weighted by molar-refractivity contribution is -0.116. The van der Waals surface area contributed by atoms with Crippen molar-refractivity contribution >= 4 is 44.9 Å². The van der Waals surface area contributed by atoms with Crippen LogP contribution in [0.25, 0.3) is 0 Å². The second kappa shape index (κ2) is 6.31. The zero-order valence-electron chi connectivity index (χ0n) is 14.2. The standard InChI is InChI=1S/C19H16BrN5OS/c20-12-5-2-1-4-11(12)17-16-13(22-19-23-18(21)24-25(17)19)8-10(9-14(16)26)15-6-3-7-27-15/h1-7,10,17H,8-9H2,(H3,21,22,23,24)/t10-,17-/m0/s1. The minimum atomic E-state index is -0.339. The van der Waals surface area contributed by atoms with Crippen LogP contribution in [0.2, 0.25) is 0 Å². The summed E-state index contributed by atoms with van der Waals surface area (Å²) < 4.78 is 2.65. The van der Waals surface area contributed by atoms with E-state index in [-0.39, 0.29) is 23.7 Å². The molecule has 0 spiro atoms. The Morgan fingerprint density at radius 1 is 1.22 bits per heavy atom. The Morgan fingerprint density at radius 3 is 2.85 bits per heavy atom. The zero-order valence-corrected chi connectivity index (χ0v) is 16.6. The first-order valence-corrected chi connectivity index (χ1v) is 10.3. The minimum absolute atomic E-state index is 0.141. The van der Waals surface area contributed by atoms with E-state index in [0.717, 1.165) is 27.7 Å². The number of ketones is 1. The maximum Gasteiger partial charge on any atom is 0.241 e. The maximum absolute atomic E-state index is 13.2. The number of Topliss-reactive ketones (excluding diaryl/α,β-unsaturated/α-hetero) is 1. The Hall–Kier alpha value is -2.45. The van der Waals surface area contributed by atoms with E-state index in [4.69, 9.17) is 5.73 Å². The monoisotopic (exact) mass is 441 g/mol. The summed E-state index contributed by atoms with van der Waals surface area (Å²) in [6.07, 6.45) is 1.27. The molecule has 3 heterocycles. The molecule has 1 aliphatic heterocycles. The molecule has 0 amide bonds. The zero-order chi connectivity index (χ0) is 18.5. The summed E-state index contributed by atoms with van der Waals surface area (Å²) in [4.78, 5) is 18.8. The Morgan fingerprint density at radius 2 is 2.07 bits per heavy atom. The summed E-state index contributed by atoms with van der Waals surface area (Å²) in [6, 6.07) is 11.7. The maximum atomic E-state index is 13.2. The van der Waals surface area contributed by atoms with E-state index >= 15 is 0 Å². The molecule has 5 rings (SSSR count). The molecule has 0 saturated heterocycles. The van der Waals surface area contributed by atoms with Gasteiger partial charge >= 0.3 is 0 Å². The van der Waals surface area contributed by atoms with E-state index in [1.54, 1.807) is 16.0 Å². The number of nitrogens with two attached hydrogens (primary N) is 1. The summed E-state index contributed by atoms with van der Waals surface area (Å²) in [5, 5.41) is 9.73. The van der Waals surface area contributed by atoms with E-state index in [9.17, 15) is 4.79 Å². The Bertz CT molecular complexity index is 1070. The number of benzene rings is 1. The third-order valence-electron chi connectivity index (χ3n) is 5.08. The number of nitrogen functional groups attached to an aromatic ring is 1. The molecular formula is C19H16BrN5OS. The number of rotatable bonds is 2. The highest BCUT2D eigenvalue weighted by Gasteiger charge is 2.40. The molecule has 1 aromatic carbocycles. The van der Waals surface area contributed by atoms with Gasteiger partial charge in [0.15, 0.2) is 5.78 Å². The fraction of sp³-hybridized carbons (Fsp3) is 0.211. The van der Waals surface area contributed by atoms with E-state index in [1.807, 2.05) is 30.3 Å². The molecule has 0 bridgehead atoms. The molecule has 136 valence electrons. The van der Waals surface area contributed by atoms with Crippen LogP contribution < -0.4 is 11.1 Å². The van der Waals surface area contributed by atoms with Crippen LogP contribution in [-0.2, 0) is 4.79 Å². The van der Waals surface area contributed by atoms with Crippen molar-refractivity contribution < 1.29 is 4.79 Å². The number of fused-ring (bicyclic) bond motifs is 1. The summed E-state index contributed by atoms with van der Waals surface area (Å²) in [7, 11) is 0. The van der Waals surface area contributed by atoms with Gasteiger partial charge < -0.3 is 11.1 Å². The second-order valence-electron chi connectivity index (χ2n) is 6.72. The summed E-state index contributed by atoms with van der Waals surface area (Å²) >= 11 is 5.32. The second-order valence-corrected chi connectivity index (χ2v) is 8.56. The molecule has 3 N–H and O–H groups in total. The summed E-state index contributed by atoms with van der Waals surface area (Å²) in [5.41, 5.74) is 8.52. The van der Waals surface area contributed by atoms with Gasteiger partial charge in [-0.2, -0.15) is 4.98 Å². The van der Waals surface area contributed by atoms with Crippen LogP contribution in [0.5, 0.6) is 0 Å². The number of halogens is 1. The van der Waals surface area contributed by atoms with Gasteiger partial charge in [0.2, 0.25) is 11.9 Å². The molecule has 8 heteroatoms. The molecule has 0 saturated carbocycles. The molecule has 2 atom stereocenters.